The molecule has 0 aliphatic carbocycles. The summed E-state index contributed by atoms with van der Waals surface area (Å²) in [6, 6.07) is 8.18. The van der Waals surface area contributed by atoms with Gasteiger partial charge in [0.2, 0.25) is 23.5 Å². The largest absolute Gasteiger partial charge is 0.343 e. The fourth-order valence-electron chi connectivity index (χ4n) is 4.73. The van der Waals surface area contributed by atoms with E-state index in [0.717, 1.165) is 44.3 Å². The molecule has 2 aliphatic heterocycles. The number of carbonyl (C=O) groups is 2. The van der Waals surface area contributed by atoms with Gasteiger partial charge in [0, 0.05) is 50.5 Å². The number of rotatable bonds is 6. The molecule has 0 saturated carbocycles. The summed E-state index contributed by atoms with van der Waals surface area (Å²) in [5, 5.41) is 4.08. The van der Waals surface area contributed by atoms with Gasteiger partial charge in [-0.15, -0.1) is 0 Å². The van der Waals surface area contributed by atoms with Crippen LogP contribution < -0.4 is 0 Å². The first-order chi connectivity index (χ1) is 15.9. The average molecular weight is 453 g/mol. The third kappa shape index (κ3) is 5.81. The quantitative estimate of drug-likeness (QED) is 0.653. The number of likely N-dealkylation sites (tertiary alicyclic amines) is 2. The van der Waals surface area contributed by atoms with Crippen LogP contribution >= 0.6 is 0 Å². The molecule has 2 aromatic rings. The van der Waals surface area contributed by atoms with Gasteiger partial charge in [-0.25, -0.2) is 0 Å². The third-order valence-electron chi connectivity index (χ3n) is 7.15. The lowest BCUT2D eigenvalue weighted by molar-refractivity contribution is -0.141. The van der Waals surface area contributed by atoms with Crippen LogP contribution in [0.4, 0.5) is 0 Å². The van der Waals surface area contributed by atoms with Gasteiger partial charge in [-0.2, -0.15) is 4.98 Å². The van der Waals surface area contributed by atoms with Crippen molar-refractivity contribution in [1.82, 2.24) is 19.9 Å². The molecule has 0 spiro atoms. The van der Waals surface area contributed by atoms with E-state index in [1.807, 2.05) is 21.9 Å². The molecular weight excluding hydrogens is 416 g/mol. The minimum absolute atomic E-state index is 0.0584. The topological polar surface area (TPSA) is 79.5 Å². The van der Waals surface area contributed by atoms with E-state index < -0.39 is 0 Å². The van der Waals surface area contributed by atoms with E-state index in [4.69, 9.17) is 4.52 Å². The maximum Gasteiger partial charge on any atom is 0.227 e. The predicted molar refractivity (Wildman–Crippen MR) is 126 cm³/mol. The van der Waals surface area contributed by atoms with Gasteiger partial charge >= 0.3 is 0 Å². The summed E-state index contributed by atoms with van der Waals surface area (Å²) in [5.41, 5.74) is 2.18. The minimum Gasteiger partial charge on any atom is -0.343 e. The van der Waals surface area contributed by atoms with Crippen molar-refractivity contribution >= 4 is 11.8 Å². The Morgan fingerprint density at radius 3 is 2.27 bits per heavy atom. The second-order valence-electron chi connectivity index (χ2n) is 9.95. The molecule has 7 nitrogen and oxygen atoms in total. The normalized spacial score (nSPS) is 18.2. The number of amides is 2. The molecule has 0 atom stereocenters. The highest BCUT2D eigenvalue weighted by Crippen LogP contribution is 2.24. The van der Waals surface area contributed by atoms with Gasteiger partial charge in [-0.3, -0.25) is 9.59 Å². The van der Waals surface area contributed by atoms with Crippen LogP contribution in [0.2, 0.25) is 0 Å². The lowest BCUT2D eigenvalue weighted by Crippen LogP contribution is -2.46. The summed E-state index contributed by atoms with van der Waals surface area (Å²) < 4.78 is 5.38. The number of piperidine rings is 2. The van der Waals surface area contributed by atoms with Crippen LogP contribution in [0.15, 0.2) is 28.8 Å². The van der Waals surface area contributed by atoms with Crippen LogP contribution in [0.1, 0.15) is 70.2 Å². The maximum atomic E-state index is 12.8. The molecular formula is C26H36N4O3. The summed E-state index contributed by atoms with van der Waals surface area (Å²) >= 11 is 0. The molecule has 0 radical (unpaired) electrons. The lowest BCUT2D eigenvalue weighted by atomic mass is 9.92. The van der Waals surface area contributed by atoms with Gasteiger partial charge in [0.25, 0.3) is 0 Å². The van der Waals surface area contributed by atoms with Gasteiger partial charge in [0.15, 0.2) is 0 Å². The minimum atomic E-state index is 0.0584. The number of hydrogen-bond acceptors (Lipinski definition) is 5. The van der Waals surface area contributed by atoms with Crippen LogP contribution in [0, 0.1) is 11.8 Å². The second kappa shape index (κ2) is 10.5. The zero-order chi connectivity index (χ0) is 23.4. The molecule has 33 heavy (non-hydrogen) atoms. The summed E-state index contributed by atoms with van der Waals surface area (Å²) in [6.45, 7) is 9.64. The fourth-order valence-corrected chi connectivity index (χ4v) is 4.73. The first-order valence-electron chi connectivity index (χ1n) is 12.4. The van der Waals surface area contributed by atoms with Gasteiger partial charge in [-0.05, 0) is 43.1 Å². The molecule has 7 heteroatoms. The Bertz CT molecular complexity index is 937. The highest BCUT2D eigenvalue weighted by molar-refractivity contribution is 5.80. The van der Waals surface area contributed by atoms with Crippen LogP contribution in [0.3, 0.4) is 0 Å². The molecule has 3 heterocycles. The zero-order valence-electron chi connectivity index (χ0n) is 20.1. The van der Waals surface area contributed by atoms with Crippen LogP contribution in [0.5, 0.6) is 0 Å². The molecule has 0 unspecified atom stereocenters. The molecule has 2 fully saturated rings. The maximum absolute atomic E-state index is 12.8. The summed E-state index contributed by atoms with van der Waals surface area (Å²) in [4.78, 5) is 33.9. The van der Waals surface area contributed by atoms with E-state index in [0.29, 0.717) is 49.5 Å². The number of carbonyl (C=O) groups excluding carboxylic acids is 2. The van der Waals surface area contributed by atoms with E-state index in [1.165, 1.54) is 5.56 Å². The number of aromatic nitrogens is 2. The van der Waals surface area contributed by atoms with Gasteiger partial charge in [0.05, 0.1) is 0 Å². The number of nitrogens with zero attached hydrogens (tertiary/aromatic N) is 4. The van der Waals surface area contributed by atoms with Gasteiger partial charge < -0.3 is 14.3 Å². The zero-order valence-corrected chi connectivity index (χ0v) is 20.1. The van der Waals surface area contributed by atoms with E-state index in [2.05, 4.69) is 43.0 Å². The van der Waals surface area contributed by atoms with Gasteiger partial charge in [-0.1, -0.05) is 50.2 Å². The lowest BCUT2D eigenvalue weighted by Gasteiger charge is -2.36. The Labute approximate surface area is 196 Å². The van der Waals surface area contributed by atoms with E-state index in [-0.39, 0.29) is 17.7 Å². The number of benzene rings is 1. The van der Waals surface area contributed by atoms with Crippen LogP contribution in [0.25, 0.3) is 11.4 Å². The standard InChI is InChI=1S/C26H36N4O3/c1-18(2)20-4-6-21(7-5-20)25-27-23(33-28-25)8-9-24(31)29-16-12-22(13-17-29)26(32)30-14-10-19(3)11-15-30/h4-7,18-19,22H,8-17H2,1-3H3. The predicted octanol–water partition coefficient (Wildman–Crippen LogP) is 4.29. The highest BCUT2D eigenvalue weighted by atomic mass is 16.5. The second-order valence-corrected chi connectivity index (χ2v) is 9.95. The summed E-state index contributed by atoms with van der Waals surface area (Å²) in [6.07, 6.45) is 4.49. The van der Waals surface area contributed by atoms with Crippen molar-refractivity contribution in [2.75, 3.05) is 26.2 Å². The monoisotopic (exact) mass is 452 g/mol. The van der Waals surface area contributed by atoms with Crippen molar-refractivity contribution in [3.8, 4) is 11.4 Å². The Morgan fingerprint density at radius 1 is 1.00 bits per heavy atom. The first-order valence-corrected chi connectivity index (χ1v) is 12.4. The summed E-state index contributed by atoms with van der Waals surface area (Å²) in [7, 11) is 0. The van der Waals surface area contributed by atoms with Crippen molar-refractivity contribution in [3.63, 3.8) is 0 Å². The average Bonchev–Trinajstić information content (AvgIpc) is 3.32. The fraction of sp³-hybridized carbons (Fsp3) is 0.615. The van der Waals surface area contributed by atoms with Crippen molar-refractivity contribution in [3.05, 3.63) is 35.7 Å². The number of hydrogen-bond donors (Lipinski definition) is 0. The molecule has 4 rings (SSSR count). The molecule has 0 bridgehead atoms. The van der Waals surface area contributed by atoms with Crippen molar-refractivity contribution < 1.29 is 14.1 Å². The third-order valence-corrected chi connectivity index (χ3v) is 7.15. The van der Waals surface area contributed by atoms with Crippen molar-refractivity contribution in [2.24, 2.45) is 11.8 Å². The molecule has 2 saturated heterocycles. The van der Waals surface area contributed by atoms with E-state index in [9.17, 15) is 9.59 Å². The molecule has 178 valence electrons. The van der Waals surface area contributed by atoms with E-state index >= 15 is 0 Å². The summed E-state index contributed by atoms with van der Waals surface area (Å²) in [5.74, 6) is 2.66. The molecule has 2 amide bonds. The SMILES string of the molecule is CC1CCN(C(=O)C2CCN(C(=O)CCc3nc(-c4ccc(C(C)C)cc4)no3)CC2)CC1. The molecule has 0 N–H and O–H groups in total. The van der Waals surface area contributed by atoms with Crippen LogP contribution in [-0.2, 0) is 16.0 Å². The van der Waals surface area contributed by atoms with Crippen molar-refractivity contribution in [1.29, 1.82) is 0 Å². The van der Waals surface area contributed by atoms with Crippen molar-refractivity contribution in [2.45, 2.75) is 65.2 Å². The Balaban J connectivity index is 1.23. The molecule has 1 aromatic carbocycles. The smallest absolute Gasteiger partial charge is 0.227 e. The van der Waals surface area contributed by atoms with E-state index in [1.54, 1.807) is 0 Å². The van der Waals surface area contributed by atoms with Gasteiger partial charge in [0.1, 0.15) is 0 Å². The number of aryl methyl sites for hydroxylation is 1. The molecule has 1 aromatic heterocycles. The Hall–Kier alpha value is -2.70. The Morgan fingerprint density at radius 2 is 1.64 bits per heavy atom. The van der Waals surface area contributed by atoms with Crippen LogP contribution in [-0.4, -0.2) is 57.9 Å². The first kappa shape index (κ1) is 23.5. The highest BCUT2D eigenvalue weighted by Gasteiger charge is 2.31. The molecule has 2 aliphatic rings. The Kier molecular flexibility index (Phi) is 7.46.